The van der Waals surface area contributed by atoms with Crippen LogP contribution < -0.4 is 15.0 Å². The number of nitrogens with one attached hydrogen (secondary N) is 1. The summed E-state index contributed by atoms with van der Waals surface area (Å²) in [6, 6.07) is 7.39. The number of nitrogens with zero attached hydrogens (tertiary/aromatic N) is 1. The largest absolute Gasteiger partial charge is 0.497 e. The second-order valence-electron chi connectivity index (χ2n) is 5.54. The lowest BCUT2D eigenvalue weighted by molar-refractivity contribution is 0.368. The maximum absolute atomic E-state index is 5.35. The molecule has 1 N–H and O–H groups in total. The van der Waals surface area contributed by atoms with Gasteiger partial charge in [0.15, 0.2) is 0 Å². The fourth-order valence-electron chi connectivity index (χ4n) is 2.90. The molecular weight excluding hydrogens is 316 g/mol. The summed E-state index contributed by atoms with van der Waals surface area (Å²) in [5, 5.41) is 3.65. The summed E-state index contributed by atoms with van der Waals surface area (Å²) in [4.78, 5) is 2.48. The van der Waals surface area contributed by atoms with E-state index in [2.05, 4.69) is 52.1 Å². The van der Waals surface area contributed by atoms with Gasteiger partial charge in [-0.3, -0.25) is 0 Å². The van der Waals surface area contributed by atoms with Gasteiger partial charge < -0.3 is 15.0 Å². The highest BCUT2D eigenvalue weighted by Gasteiger charge is 2.26. The summed E-state index contributed by atoms with van der Waals surface area (Å²) in [7, 11) is 1.72. The van der Waals surface area contributed by atoms with Crippen molar-refractivity contribution in [3.63, 3.8) is 0 Å². The molecule has 0 aromatic heterocycles. The molecule has 2 atom stereocenters. The number of ether oxygens (including phenoxy) is 1. The number of rotatable bonds is 5. The first kappa shape index (κ1) is 15.6. The number of anilines is 1. The minimum atomic E-state index is 0.543. The van der Waals surface area contributed by atoms with Crippen molar-refractivity contribution >= 4 is 21.6 Å². The number of methoxy groups -OCH3 is 1. The zero-order valence-corrected chi connectivity index (χ0v) is 14.2. The molecule has 0 radical (unpaired) electrons. The van der Waals surface area contributed by atoms with Crippen molar-refractivity contribution in [2.75, 3.05) is 25.1 Å². The quantitative estimate of drug-likeness (QED) is 0.881. The van der Waals surface area contributed by atoms with Crippen LogP contribution in [0.1, 0.15) is 33.1 Å². The van der Waals surface area contributed by atoms with Crippen molar-refractivity contribution in [3.05, 3.63) is 22.7 Å². The van der Waals surface area contributed by atoms with Gasteiger partial charge in [0.05, 0.1) is 12.8 Å². The summed E-state index contributed by atoms with van der Waals surface area (Å²) >= 11 is 3.67. The van der Waals surface area contributed by atoms with Gasteiger partial charge >= 0.3 is 0 Å². The Bertz CT molecular complexity index is 438. The third kappa shape index (κ3) is 3.67. The molecule has 1 saturated heterocycles. The van der Waals surface area contributed by atoms with Crippen LogP contribution in [0.5, 0.6) is 5.75 Å². The fourth-order valence-corrected chi connectivity index (χ4v) is 3.38. The van der Waals surface area contributed by atoms with Crippen LogP contribution in [0, 0.1) is 0 Å². The van der Waals surface area contributed by atoms with Crippen molar-refractivity contribution in [1.82, 2.24) is 5.32 Å². The number of benzene rings is 1. The minimum absolute atomic E-state index is 0.543. The van der Waals surface area contributed by atoms with Gasteiger partial charge in [0, 0.05) is 29.2 Å². The molecule has 0 aliphatic carbocycles. The Kier molecular flexibility index (Phi) is 5.73. The second kappa shape index (κ2) is 7.32. The van der Waals surface area contributed by atoms with E-state index >= 15 is 0 Å². The van der Waals surface area contributed by atoms with Gasteiger partial charge in [-0.1, -0.05) is 6.92 Å². The average molecular weight is 341 g/mol. The van der Waals surface area contributed by atoms with Crippen LogP contribution in [0.25, 0.3) is 0 Å². The Morgan fingerprint density at radius 2 is 2.25 bits per heavy atom. The van der Waals surface area contributed by atoms with Gasteiger partial charge in [-0.15, -0.1) is 0 Å². The lowest BCUT2D eigenvalue weighted by Crippen LogP contribution is -2.47. The molecule has 4 heteroatoms. The average Bonchev–Trinajstić information content (AvgIpc) is 2.46. The highest BCUT2D eigenvalue weighted by Crippen LogP contribution is 2.34. The molecule has 0 bridgehead atoms. The number of halogens is 1. The zero-order valence-electron chi connectivity index (χ0n) is 12.7. The summed E-state index contributed by atoms with van der Waals surface area (Å²) < 4.78 is 6.49. The summed E-state index contributed by atoms with van der Waals surface area (Å²) in [5.41, 5.74) is 1.24. The molecule has 1 heterocycles. The molecule has 1 fully saturated rings. The fraction of sp³-hybridized carbons (Fsp3) is 0.625. The Morgan fingerprint density at radius 3 is 2.90 bits per heavy atom. The molecule has 2 rings (SSSR count). The van der Waals surface area contributed by atoms with Crippen LogP contribution in [-0.2, 0) is 0 Å². The summed E-state index contributed by atoms with van der Waals surface area (Å²) in [6.45, 7) is 6.75. The van der Waals surface area contributed by atoms with Crippen molar-refractivity contribution in [2.45, 2.75) is 45.2 Å². The van der Waals surface area contributed by atoms with Gasteiger partial charge in [0.1, 0.15) is 5.75 Å². The first-order valence-corrected chi connectivity index (χ1v) is 8.28. The molecule has 1 aliphatic rings. The molecular formula is C16H25BrN2O. The van der Waals surface area contributed by atoms with Gasteiger partial charge in [0.2, 0.25) is 0 Å². The SMILES string of the molecule is CCCNC1CCN(c2cc(OC)ccc2Br)C(C)C1. The summed E-state index contributed by atoms with van der Waals surface area (Å²) in [5.74, 6) is 0.918. The smallest absolute Gasteiger partial charge is 0.121 e. The Hall–Kier alpha value is -0.740. The van der Waals surface area contributed by atoms with Gasteiger partial charge in [0.25, 0.3) is 0 Å². The van der Waals surface area contributed by atoms with E-state index in [0.29, 0.717) is 12.1 Å². The first-order valence-electron chi connectivity index (χ1n) is 7.49. The number of piperidine rings is 1. The first-order chi connectivity index (χ1) is 9.65. The molecule has 112 valence electrons. The molecule has 20 heavy (non-hydrogen) atoms. The Morgan fingerprint density at radius 1 is 1.45 bits per heavy atom. The molecule has 0 spiro atoms. The van der Waals surface area contributed by atoms with Crippen molar-refractivity contribution in [3.8, 4) is 5.75 Å². The topological polar surface area (TPSA) is 24.5 Å². The number of hydrogen-bond donors (Lipinski definition) is 1. The third-order valence-electron chi connectivity index (χ3n) is 4.02. The molecule has 1 aromatic rings. The van der Waals surface area contributed by atoms with Gasteiger partial charge in [-0.25, -0.2) is 0 Å². The van der Waals surface area contributed by atoms with Crippen LogP contribution in [-0.4, -0.2) is 32.3 Å². The van der Waals surface area contributed by atoms with Crippen molar-refractivity contribution < 1.29 is 4.74 Å². The normalized spacial score (nSPS) is 22.9. The lowest BCUT2D eigenvalue weighted by Gasteiger charge is -2.40. The van der Waals surface area contributed by atoms with E-state index in [9.17, 15) is 0 Å². The summed E-state index contributed by atoms with van der Waals surface area (Å²) in [6.07, 6.45) is 3.60. The second-order valence-corrected chi connectivity index (χ2v) is 6.39. The predicted octanol–water partition coefficient (Wildman–Crippen LogP) is 3.81. The van der Waals surface area contributed by atoms with Crippen LogP contribution in [0.4, 0.5) is 5.69 Å². The van der Waals surface area contributed by atoms with E-state index in [0.717, 1.165) is 23.3 Å². The van der Waals surface area contributed by atoms with Crippen LogP contribution in [0.15, 0.2) is 22.7 Å². The van der Waals surface area contributed by atoms with Gasteiger partial charge in [-0.2, -0.15) is 0 Å². The van der Waals surface area contributed by atoms with E-state index in [4.69, 9.17) is 4.74 Å². The third-order valence-corrected chi connectivity index (χ3v) is 4.69. The standard InChI is InChI=1S/C16H25BrN2O/c1-4-8-18-13-7-9-19(12(2)10-13)16-11-14(20-3)5-6-15(16)17/h5-6,11-13,18H,4,7-10H2,1-3H3. The van der Waals surface area contributed by atoms with Crippen molar-refractivity contribution in [1.29, 1.82) is 0 Å². The van der Waals surface area contributed by atoms with E-state index in [1.165, 1.54) is 24.9 Å². The molecule has 1 aliphatic heterocycles. The molecule has 2 unspecified atom stereocenters. The van der Waals surface area contributed by atoms with Crippen LogP contribution in [0.3, 0.4) is 0 Å². The molecule has 1 aromatic carbocycles. The highest BCUT2D eigenvalue weighted by atomic mass is 79.9. The van der Waals surface area contributed by atoms with Gasteiger partial charge in [-0.05, 0) is 60.8 Å². The Balaban J connectivity index is 2.07. The lowest BCUT2D eigenvalue weighted by atomic mass is 9.97. The van der Waals surface area contributed by atoms with E-state index in [-0.39, 0.29) is 0 Å². The van der Waals surface area contributed by atoms with E-state index in [1.807, 2.05) is 6.07 Å². The Labute approximate surface area is 130 Å². The van der Waals surface area contributed by atoms with E-state index in [1.54, 1.807) is 7.11 Å². The van der Waals surface area contributed by atoms with E-state index < -0.39 is 0 Å². The highest BCUT2D eigenvalue weighted by molar-refractivity contribution is 9.10. The maximum Gasteiger partial charge on any atom is 0.121 e. The minimum Gasteiger partial charge on any atom is -0.497 e. The number of hydrogen-bond acceptors (Lipinski definition) is 3. The molecule has 3 nitrogen and oxygen atoms in total. The van der Waals surface area contributed by atoms with Crippen molar-refractivity contribution in [2.24, 2.45) is 0 Å². The van der Waals surface area contributed by atoms with Crippen LogP contribution in [0.2, 0.25) is 0 Å². The zero-order chi connectivity index (χ0) is 14.5. The molecule has 0 saturated carbocycles. The maximum atomic E-state index is 5.35. The molecule has 0 amide bonds. The van der Waals surface area contributed by atoms with Crippen LogP contribution >= 0.6 is 15.9 Å². The predicted molar refractivity (Wildman–Crippen MR) is 88.8 cm³/mol. The monoisotopic (exact) mass is 340 g/mol.